The maximum absolute atomic E-state index is 12.2. The third-order valence-corrected chi connectivity index (χ3v) is 4.45. The van der Waals surface area contributed by atoms with Gasteiger partial charge in [0.1, 0.15) is 0 Å². The van der Waals surface area contributed by atoms with E-state index in [-0.39, 0.29) is 5.69 Å². The molecule has 1 aromatic heterocycles. The molecule has 2 heterocycles. The van der Waals surface area contributed by atoms with Crippen LogP contribution in [-0.4, -0.2) is 30.6 Å². The van der Waals surface area contributed by atoms with Gasteiger partial charge in [-0.05, 0) is 43.0 Å². The van der Waals surface area contributed by atoms with Crippen LogP contribution in [0.25, 0.3) is 0 Å². The zero-order chi connectivity index (χ0) is 16.9. The first-order valence-electron chi connectivity index (χ1n) is 8.11. The second-order valence-corrected chi connectivity index (χ2v) is 6.04. The van der Waals surface area contributed by atoms with Gasteiger partial charge >= 0.3 is 5.97 Å². The van der Waals surface area contributed by atoms with Crippen molar-refractivity contribution in [3.8, 4) is 0 Å². The van der Waals surface area contributed by atoms with E-state index in [4.69, 9.17) is 16.2 Å². The van der Waals surface area contributed by atoms with Gasteiger partial charge in [-0.2, -0.15) is 0 Å². The van der Waals surface area contributed by atoms with Crippen LogP contribution in [0.2, 0.25) is 0 Å². The number of nitrogen functional groups attached to an aromatic ring is 2. The summed E-state index contributed by atoms with van der Waals surface area (Å²) in [6.07, 6.45) is 5.59. The lowest BCUT2D eigenvalue weighted by molar-refractivity contribution is 0.0422. The third kappa shape index (κ3) is 3.59. The molecule has 0 spiro atoms. The number of para-hydroxylation sites is 1. The molecule has 1 saturated heterocycles. The van der Waals surface area contributed by atoms with Crippen LogP contribution < -0.4 is 16.4 Å². The number of rotatable bonds is 4. The molecule has 1 fully saturated rings. The van der Waals surface area contributed by atoms with Crippen LogP contribution in [0.5, 0.6) is 0 Å². The summed E-state index contributed by atoms with van der Waals surface area (Å²) in [6.45, 7) is 2.32. The highest BCUT2D eigenvalue weighted by molar-refractivity contribution is 5.97. The van der Waals surface area contributed by atoms with Gasteiger partial charge in [-0.3, -0.25) is 4.98 Å². The minimum atomic E-state index is -0.406. The number of piperidine rings is 1. The fraction of sp³-hybridized carbons (Fsp3) is 0.333. The molecular weight excluding hydrogens is 304 g/mol. The Labute approximate surface area is 141 Å². The molecule has 0 aliphatic carbocycles. The number of carbonyl (C=O) groups excluding carboxylic acids is 1. The van der Waals surface area contributed by atoms with E-state index in [1.165, 1.54) is 5.69 Å². The first kappa shape index (κ1) is 16.1. The lowest BCUT2D eigenvalue weighted by atomic mass is 9.97. The maximum atomic E-state index is 12.2. The summed E-state index contributed by atoms with van der Waals surface area (Å²) >= 11 is 0. The summed E-state index contributed by atoms with van der Waals surface area (Å²) in [5, 5.41) is 0. The zero-order valence-corrected chi connectivity index (χ0v) is 13.5. The van der Waals surface area contributed by atoms with Gasteiger partial charge in [-0.25, -0.2) is 4.79 Å². The van der Waals surface area contributed by atoms with Crippen LogP contribution in [0.1, 0.15) is 23.2 Å². The molecule has 0 unspecified atom stereocenters. The topological polar surface area (TPSA) is 94.5 Å². The van der Waals surface area contributed by atoms with Crippen molar-refractivity contribution in [2.75, 3.05) is 36.1 Å². The van der Waals surface area contributed by atoms with E-state index in [1.54, 1.807) is 30.6 Å². The molecule has 24 heavy (non-hydrogen) atoms. The number of ether oxygens (including phenoxy) is 1. The Morgan fingerprint density at radius 2 is 1.88 bits per heavy atom. The van der Waals surface area contributed by atoms with E-state index < -0.39 is 5.97 Å². The van der Waals surface area contributed by atoms with Gasteiger partial charge in [0, 0.05) is 31.2 Å². The van der Waals surface area contributed by atoms with Gasteiger partial charge in [-0.15, -0.1) is 0 Å². The molecule has 2 aromatic rings. The van der Waals surface area contributed by atoms with Crippen LogP contribution in [0.4, 0.5) is 17.1 Å². The van der Waals surface area contributed by atoms with Gasteiger partial charge in [0.2, 0.25) is 0 Å². The summed E-state index contributed by atoms with van der Waals surface area (Å²) in [5.74, 6) is -0.0364. The fourth-order valence-corrected chi connectivity index (χ4v) is 2.95. The number of benzene rings is 1. The molecule has 0 saturated carbocycles. The molecule has 6 heteroatoms. The number of carbonyl (C=O) groups is 1. The summed E-state index contributed by atoms with van der Waals surface area (Å²) in [7, 11) is 0. The highest BCUT2D eigenvalue weighted by Crippen LogP contribution is 2.24. The van der Waals surface area contributed by atoms with Crippen LogP contribution in [0.3, 0.4) is 0 Å². The van der Waals surface area contributed by atoms with E-state index in [2.05, 4.69) is 9.88 Å². The number of hydrogen-bond donors (Lipinski definition) is 2. The van der Waals surface area contributed by atoms with Crippen LogP contribution in [0, 0.1) is 5.92 Å². The summed E-state index contributed by atoms with van der Waals surface area (Å²) in [6, 6.07) is 9.04. The minimum Gasteiger partial charge on any atom is -0.462 e. The largest absolute Gasteiger partial charge is 0.462 e. The zero-order valence-electron chi connectivity index (χ0n) is 13.5. The van der Waals surface area contributed by atoms with Gasteiger partial charge in [-0.1, -0.05) is 6.07 Å². The van der Waals surface area contributed by atoms with Crippen molar-refractivity contribution in [2.45, 2.75) is 12.8 Å². The molecular formula is C18H22N4O2. The molecule has 0 atom stereocenters. The van der Waals surface area contributed by atoms with E-state index in [0.29, 0.717) is 23.8 Å². The van der Waals surface area contributed by atoms with Crippen molar-refractivity contribution in [2.24, 2.45) is 5.92 Å². The van der Waals surface area contributed by atoms with Crippen molar-refractivity contribution in [3.05, 3.63) is 48.3 Å². The molecule has 0 amide bonds. The predicted molar refractivity (Wildman–Crippen MR) is 94.7 cm³/mol. The fourth-order valence-electron chi connectivity index (χ4n) is 2.95. The average molecular weight is 326 g/mol. The maximum Gasteiger partial charge on any atom is 0.340 e. The summed E-state index contributed by atoms with van der Waals surface area (Å²) < 4.78 is 5.44. The SMILES string of the molecule is Nc1cccc(C(=O)OCC2CCN(c3ccncc3)CC2)c1N. The number of nitrogens with two attached hydrogens (primary N) is 2. The summed E-state index contributed by atoms with van der Waals surface area (Å²) in [5.41, 5.74) is 13.8. The van der Waals surface area contributed by atoms with Crippen LogP contribution in [-0.2, 0) is 4.74 Å². The van der Waals surface area contributed by atoms with Crippen molar-refractivity contribution in [1.29, 1.82) is 0 Å². The third-order valence-electron chi connectivity index (χ3n) is 4.45. The molecule has 3 rings (SSSR count). The van der Waals surface area contributed by atoms with Gasteiger partial charge < -0.3 is 21.1 Å². The van der Waals surface area contributed by atoms with E-state index >= 15 is 0 Å². The van der Waals surface area contributed by atoms with Crippen molar-refractivity contribution in [1.82, 2.24) is 4.98 Å². The Bertz CT molecular complexity index is 697. The minimum absolute atomic E-state index is 0.287. The second kappa shape index (κ2) is 7.21. The standard InChI is InChI=1S/C18H22N4O2/c19-16-3-1-2-15(17(16)20)18(23)24-12-13-6-10-22(11-7-13)14-4-8-21-9-5-14/h1-5,8-9,13H,6-7,10-12,19-20H2. The van der Waals surface area contributed by atoms with Crippen LogP contribution in [0.15, 0.2) is 42.7 Å². The molecule has 4 N–H and O–H groups in total. The summed E-state index contributed by atoms with van der Waals surface area (Å²) in [4.78, 5) is 18.5. The highest BCUT2D eigenvalue weighted by atomic mass is 16.5. The molecule has 1 aliphatic rings. The number of pyridine rings is 1. The lowest BCUT2D eigenvalue weighted by Crippen LogP contribution is -2.35. The number of esters is 1. The lowest BCUT2D eigenvalue weighted by Gasteiger charge is -2.33. The van der Waals surface area contributed by atoms with Crippen molar-refractivity contribution < 1.29 is 9.53 Å². The van der Waals surface area contributed by atoms with E-state index in [9.17, 15) is 4.79 Å². The van der Waals surface area contributed by atoms with Gasteiger partial charge in [0.25, 0.3) is 0 Å². The number of nitrogens with zero attached hydrogens (tertiary/aromatic N) is 2. The molecule has 1 aromatic carbocycles. The number of aromatic nitrogens is 1. The van der Waals surface area contributed by atoms with Crippen molar-refractivity contribution in [3.63, 3.8) is 0 Å². The molecule has 1 aliphatic heterocycles. The smallest absolute Gasteiger partial charge is 0.340 e. The second-order valence-electron chi connectivity index (χ2n) is 6.04. The Balaban J connectivity index is 1.50. The first-order chi connectivity index (χ1) is 11.6. The molecule has 0 radical (unpaired) electrons. The monoisotopic (exact) mass is 326 g/mol. The van der Waals surface area contributed by atoms with E-state index in [1.807, 2.05) is 12.1 Å². The number of anilines is 3. The predicted octanol–water partition coefficient (Wildman–Crippen LogP) is 2.32. The first-order valence-corrected chi connectivity index (χ1v) is 8.11. The Morgan fingerprint density at radius 3 is 2.58 bits per heavy atom. The number of hydrogen-bond acceptors (Lipinski definition) is 6. The molecule has 0 bridgehead atoms. The Kier molecular flexibility index (Phi) is 4.84. The quantitative estimate of drug-likeness (QED) is 0.661. The molecule has 126 valence electrons. The van der Waals surface area contributed by atoms with Gasteiger partial charge in [0.05, 0.1) is 23.5 Å². The van der Waals surface area contributed by atoms with Crippen molar-refractivity contribution >= 4 is 23.0 Å². The average Bonchev–Trinajstić information content (AvgIpc) is 2.63. The van der Waals surface area contributed by atoms with E-state index in [0.717, 1.165) is 25.9 Å². The van der Waals surface area contributed by atoms with Gasteiger partial charge in [0.15, 0.2) is 0 Å². The Morgan fingerprint density at radius 1 is 1.17 bits per heavy atom. The highest BCUT2D eigenvalue weighted by Gasteiger charge is 2.21. The van der Waals surface area contributed by atoms with Crippen LogP contribution >= 0.6 is 0 Å². The molecule has 6 nitrogen and oxygen atoms in total. The normalized spacial score (nSPS) is 15.2. The Hall–Kier alpha value is -2.76.